The summed E-state index contributed by atoms with van der Waals surface area (Å²) in [5.41, 5.74) is 0. The van der Waals surface area contributed by atoms with E-state index in [1.807, 2.05) is 0 Å². The van der Waals surface area contributed by atoms with Crippen LogP contribution in [0.2, 0.25) is 0 Å². The van der Waals surface area contributed by atoms with Crippen molar-refractivity contribution in [3.63, 3.8) is 0 Å². The number of phosphoric acid groups is 2. The highest BCUT2D eigenvalue weighted by Crippen LogP contribution is 2.45. The first-order valence-electron chi connectivity index (χ1n) is 35.1. The molecule has 0 radical (unpaired) electrons. The fourth-order valence-corrected chi connectivity index (χ4v) is 11.7. The summed E-state index contributed by atoms with van der Waals surface area (Å²) in [6, 6.07) is 0. The molecule has 0 aromatic carbocycles. The number of carbonyl (C=O) groups is 4. The van der Waals surface area contributed by atoms with Gasteiger partial charge in [0.25, 0.3) is 0 Å². The molecule has 0 aromatic rings. The van der Waals surface area contributed by atoms with Gasteiger partial charge in [0.15, 0.2) is 12.2 Å². The van der Waals surface area contributed by atoms with E-state index in [-0.39, 0.29) is 25.7 Å². The second kappa shape index (κ2) is 60.6. The number of esters is 4. The zero-order chi connectivity index (χ0) is 63.5. The maximum atomic E-state index is 13.0. The van der Waals surface area contributed by atoms with Gasteiger partial charge in [-0.05, 0) is 31.6 Å². The molecule has 0 saturated carbocycles. The Balaban J connectivity index is 5.05. The molecule has 5 atom stereocenters. The third kappa shape index (κ3) is 60.9. The van der Waals surface area contributed by atoms with E-state index in [4.69, 9.17) is 37.0 Å². The molecule has 0 bridgehead atoms. The molecule has 3 N–H and O–H groups in total. The molecule has 510 valence electrons. The summed E-state index contributed by atoms with van der Waals surface area (Å²) >= 11 is 0. The van der Waals surface area contributed by atoms with E-state index in [1.165, 1.54) is 148 Å². The predicted octanol–water partition coefficient (Wildman–Crippen LogP) is 19.0. The summed E-state index contributed by atoms with van der Waals surface area (Å²) in [7, 11) is -9.87. The molecule has 0 aromatic heterocycles. The highest BCUT2D eigenvalue weighted by Gasteiger charge is 2.30. The Labute approximate surface area is 524 Å². The normalized spacial score (nSPS) is 14.2. The van der Waals surface area contributed by atoms with Gasteiger partial charge in [0.2, 0.25) is 0 Å². The molecular formula is C67H130O17P2. The summed E-state index contributed by atoms with van der Waals surface area (Å²) in [6.45, 7) is 7.06. The standard InChI is InChI=1S/C67H130O17P2/c1-6-9-12-15-17-18-19-20-21-22-23-24-25-26-27-28-29-30-33-38-43-48-53-67(72)84-63(57-78-65(70)51-46-41-37-34-31-32-36-40-44-49-60(4)5)59-82-86(75,76)80-55-61(68)54-79-85(73,74)81-58-62(56-77-64(69)50-45-39-14-11-8-3)83-66(71)52-47-42-35-16-13-10-7-2/h60-63,68H,6-59H2,1-5H3,(H,73,74)(H,75,76)/t61-,62+,63+/m0/s1. The lowest BCUT2D eigenvalue weighted by Crippen LogP contribution is -2.30. The topological polar surface area (TPSA) is 237 Å². The van der Waals surface area contributed by atoms with E-state index in [0.717, 1.165) is 115 Å². The molecular weight excluding hydrogens is 1140 g/mol. The van der Waals surface area contributed by atoms with Gasteiger partial charge in [-0.25, -0.2) is 9.13 Å². The van der Waals surface area contributed by atoms with Gasteiger partial charge in [0.05, 0.1) is 26.4 Å². The number of unbranched alkanes of at least 4 members (excludes halogenated alkanes) is 39. The third-order valence-electron chi connectivity index (χ3n) is 15.5. The van der Waals surface area contributed by atoms with Gasteiger partial charge in [-0.15, -0.1) is 0 Å². The van der Waals surface area contributed by atoms with Crippen molar-refractivity contribution in [2.45, 2.75) is 361 Å². The summed E-state index contributed by atoms with van der Waals surface area (Å²) in [4.78, 5) is 71.9. The number of hydrogen-bond acceptors (Lipinski definition) is 15. The summed E-state index contributed by atoms with van der Waals surface area (Å²) < 4.78 is 67.8. The highest BCUT2D eigenvalue weighted by molar-refractivity contribution is 7.47. The molecule has 0 heterocycles. The Hall–Kier alpha value is -1.94. The van der Waals surface area contributed by atoms with E-state index in [2.05, 4.69) is 34.6 Å². The fourth-order valence-electron chi connectivity index (χ4n) is 10.1. The third-order valence-corrected chi connectivity index (χ3v) is 17.4. The monoisotopic (exact) mass is 1270 g/mol. The van der Waals surface area contributed by atoms with Crippen molar-refractivity contribution >= 4 is 39.5 Å². The largest absolute Gasteiger partial charge is 0.472 e. The summed E-state index contributed by atoms with van der Waals surface area (Å²) in [6.07, 6.45) is 46.7. The van der Waals surface area contributed by atoms with Crippen LogP contribution in [-0.4, -0.2) is 96.7 Å². The van der Waals surface area contributed by atoms with Gasteiger partial charge in [-0.2, -0.15) is 0 Å². The summed E-state index contributed by atoms with van der Waals surface area (Å²) in [5, 5.41) is 10.5. The lowest BCUT2D eigenvalue weighted by atomic mass is 10.0. The second-order valence-corrected chi connectivity index (χ2v) is 27.6. The summed E-state index contributed by atoms with van der Waals surface area (Å²) in [5.74, 6) is -1.40. The number of phosphoric ester groups is 2. The number of ether oxygens (including phenoxy) is 4. The number of aliphatic hydroxyl groups is 1. The second-order valence-electron chi connectivity index (χ2n) is 24.7. The SMILES string of the molecule is CCCCCCCCCCCCCCCCCCCCCCCCC(=O)O[C@H](COC(=O)CCCCCCCCCCCC(C)C)COP(=O)(O)OC[C@@H](O)COP(=O)(O)OC[C@@H](COC(=O)CCCCCCC)OC(=O)CCCCCCCCC. The Morgan fingerprint density at radius 2 is 0.535 bits per heavy atom. The van der Waals surface area contributed by atoms with Crippen LogP contribution in [-0.2, 0) is 65.4 Å². The molecule has 0 aliphatic rings. The van der Waals surface area contributed by atoms with E-state index in [0.29, 0.717) is 25.7 Å². The average molecular weight is 1270 g/mol. The van der Waals surface area contributed by atoms with E-state index in [1.54, 1.807) is 0 Å². The van der Waals surface area contributed by atoms with Gasteiger partial charge in [0, 0.05) is 25.7 Å². The van der Waals surface area contributed by atoms with Crippen LogP contribution >= 0.6 is 15.6 Å². The number of aliphatic hydroxyl groups excluding tert-OH is 1. The van der Waals surface area contributed by atoms with Crippen molar-refractivity contribution in [2.75, 3.05) is 39.6 Å². The van der Waals surface area contributed by atoms with Crippen LogP contribution in [0, 0.1) is 5.92 Å². The molecule has 0 spiro atoms. The lowest BCUT2D eigenvalue weighted by Gasteiger charge is -2.21. The first kappa shape index (κ1) is 84.1. The minimum atomic E-state index is -4.94. The molecule has 0 amide bonds. The van der Waals surface area contributed by atoms with Gasteiger partial charge >= 0.3 is 39.5 Å². The number of carbonyl (C=O) groups excluding carboxylic acids is 4. The van der Waals surface area contributed by atoms with E-state index < -0.39 is 97.5 Å². The van der Waals surface area contributed by atoms with E-state index >= 15 is 0 Å². The van der Waals surface area contributed by atoms with Crippen molar-refractivity contribution in [1.29, 1.82) is 0 Å². The number of rotatable bonds is 67. The van der Waals surface area contributed by atoms with Crippen LogP contribution in [0.15, 0.2) is 0 Å². The van der Waals surface area contributed by atoms with Crippen molar-refractivity contribution in [2.24, 2.45) is 5.92 Å². The molecule has 2 unspecified atom stereocenters. The van der Waals surface area contributed by atoms with Gasteiger partial charge in [0.1, 0.15) is 19.3 Å². The Morgan fingerprint density at radius 3 is 0.791 bits per heavy atom. The van der Waals surface area contributed by atoms with E-state index in [9.17, 15) is 43.2 Å². The Bertz CT molecular complexity index is 1670. The molecule has 17 nitrogen and oxygen atoms in total. The van der Waals surface area contributed by atoms with Gasteiger partial charge in [-0.1, -0.05) is 291 Å². The Morgan fingerprint density at radius 1 is 0.314 bits per heavy atom. The van der Waals surface area contributed by atoms with Crippen LogP contribution in [0.5, 0.6) is 0 Å². The minimum Gasteiger partial charge on any atom is -0.462 e. The minimum absolute atomic E-state index is 0.103. The van der Waals surface area contributed by atoms with Gasteiger partial charge in [-0.3, -0.25) is 37.3 Å². The lowest BCUT2D eigenvalue weighted by molar-refractivity contribution is -0.161. The fraction of sp³-hybridized carbons (Fsp3) is 0.940. The smallest absolute Gasteiger partial charge is 0.462 e. The van der Waals surface area contributed by atoms with Crippen molar-refractivity contribution in [1.82, 2.24) is 0 Å². The van der Waals surface area contributed by atoms with Crippen LogP contribution in [0.3, 0.4) is 0 Å². The van der Waals surface area contributed by atoms with Crippen LogP contribution in [0.1, 0.15) is 343 Å². The zero-order valence-electron chi connectivity index (χ0n) is 55.4. The molecule has 0 fully saturated rings. The van der Waals surface area contributed by atoms with Crippen LogP contribution < -0.4 is 0 Å². The van der Waals surface area contributed by atoms with Crippen molar-refractivity contribution in [3.05, 3.63) is 0 Å². The first-order chi connectivity index (χ1) is 41.5. The molecule has 0 saturated heterocycles. The molecule has 19 heteroatoms. The van der Waals surface area contributed by atoms with Crippen molar-refractivity contribution < 1.29 is 80.2 Å². The maximum absolute atomic E-state index is 13.0. The van der Waals surface area contributed by atoms with Crippen molar-refractivity contribution in [3.8, 4) is 0 Å². The van der Waals surface area contributed by atoms with Gasteiger partial charge < -0.3 is 33.8 Å². The number of hydrogen-bond donors (Lipinski definition) is 3. The maximum Gasteiger partial charge on any atom is 0.472 e. The zero-order valence-corrected chi connectivity index (χ0v) is 57.2. The molecule has 0 aliphatic carbocycles. The first-order valence-corrected chi connectivity index (χ1v) is 38.1. The average Bonchev–Trinajstić information content (AvgIpc) is 3.65. The van der Waals surface area contributed by atoms with Crippen LogP contribution in [0.25, 0.3) is 0 Å². The predicted molar refractivity (Wildman–Crippen MR) is 345 cm³/mol. The quantitative estimate of drug-likeness (QED) is 0.0222. The highest BCUT2D eigenvalue weighted by atomic mass is 31.2. The Kier molecular flexibility index (Phi) is 59.2. The molecule has 86 heavy (non-hydrogen) atoms. The molecule has 0 rings (SSSR count). The van der Waals surface area contributed by atoms with Crippen LogP contribution in [0.4, 0.5) is 0 Å². The molecule has 0 aliphatic heterocycles.